The minimum atomic E-state index is -1.22. The second kappa shape index (κ2) is 5.98. The van der Waals surface area contributed by atoms with Crippen LogP contribution in [-0.4, -0.2) is 34.5 Å². The molecule has 102 valence electrons. The molecule has 0 N–H and O–H groups in total. The second-order valence-electron chi connectivity index (χ2n) is 6.16. The smallest absolute Gasteiger partial charge is 0.0745 e. The molecular formula is C14H26N2OP+. The van der Waals surface area contributed by atoms with E-state index in [4.69, 9.17) is 0 Å². The molecule has 0 aromatic heterocycles. The number of hydrogen-bond donors (Lipinski definition) is 0. The van der Waals surface area contributed by atoms with E-state index in [2.05, 4.69) is 9.34 Å². The summed E-state index contributed by atoms with van der Waals surface area (Å²) in [6, 6.07) is 1.24. The summed E-state index contributed by atoms with van der Waals surface area (Å²) in [5, 5.41) is 0. The van der Waals surface area contributed by atoms with Crippen molar-refractivity contribution in [2.24, 2.45) is 0 Å². The molecule has 2 saturated carbocycles. The van der Waals surface area contributed by atoms with Crippen molar-refractivity contribution in [1.82, 2.24) is 9.34 Å². The third kappa shape index (κ3) is 2.64. The molecule has 0 spiro atoms. The van der Waals surface area contributed by atoms with Crippen LogP contribution < -0.4 is 0 Å². The van der Waals surface area contributed by atoms with Gasteiger partial charge in [-0.05, 0) is 30.2 Å². The molecule has 18 heavy (non-hydrogen) atoms. The van der Waals surface area contributed by atoms with Crippen LogP contribution in [0.2, 0.25) is 0 Å². The zero-order valence-electron chi connectivity index (χ0n) is 11.4. The fourth-order valence-corrected chi connectivity index (χ4v) is 5.76. The largest absolute Gasteiger partial charge is 0.538 e. The van der Waals surface area contributed by atoms with Crippen LogP contribution >= 0.6 is 8.10 Å². The van der Waals surface area contributed by atoms with E-state index in [1.165, 1.54) is 64.2 Å². The van der Waals surface area contributed by atoms with E-state index in [0.29, 0.717) is 12.1 Å². The summed E-state index contributed by atoms with van der Waals surface area (Å²) in [6.07, 6.45) is 13.2. The lowest BCUT2D eigenvalue weighted by molar-refractivity contribution is 0.270. The van der Waals surface area contributed by atoms with Crippen molar-refractivity contribution in [2.45, 2.75) is 76.3 Å². The summed E-state index contributed by atoms with van der Waals surface area (Å²) in [6.45, 7) is 2.10. The summed E-state index contributed by atoms with van der Waals surface area (Å²) >= 11 is 0. The molecule has 0 aromatic carbocycles. The molecule has 0 amide bonds. The van der Waals surface area contributed by atoms with Crippen molar-refractivity contribution in [3.8, 4) is 0 Å². The zero-order valence-corrected chi connectivity index (χ0v) is 12.3. The Morgan fingerprint density at radius 3 is 1.44 bits per heavy atom. The molecule has 0 atom stereocenters. The van der Waals surface area contributed by atoms with Crippen LogP contribution in [0.5, 0.6) is 0 Å². The van der Waals surface area contributed by atoms with Crippen molar-refractivity contribution < 1.29 is 4.57 Å². The van der Waals surface area contributed by atoms with Crippen LogP contribution in [-0.2, 0) is 4.57 Å². The summed E-state index contributed by atoms with van der Waals surface area (Å²) in [4.78, 5) is 0. The molecule has 4 heteroatoms. The van der Waals surface area contributed by atoms with E-state index in [9.17, 15) is 4.57 Å². The predicted octanol–water partition coefficient (Wildman–Crippen LogP) is 3.93. The zero-order chi connectivity index (χ0) is 12.4. The van der Waals surface area contributed by atoms with E-state index >= 15 is 0 Å². The van der Waals surface area contributed by atoms with Gasteiger partial charge in [0.25, 0.3) is 0 Å². The van der Waals surface area contributed by atoms with Gasteiger partial charge in [-0.2, -0.15) is 0 Å². The number of rotatable bonds is 2. The van der Waals surface area contributed by atoms with Crippen molar-refractivity contribution in [3.05, 3.63) is 0 Å². The second-order valence-corrected chi connectivity index (χ2v) is 7.70. The third-order valence-electron chi connectivity index (χ3n) is 4.99. The molecule has 3 rings (SSSR count). The Morgan fingerprint density at radius 2 is 1.06 bits per heavy atom. The first-order valence-corrected chi connectivity index (χ1v) is 9.03. The average molecular weight is 269 g/mol. The first-order valence-electron chi connectivity index (χ1n) is 7.86. The van der Waals surface area contributed by atoms with Crippen LogP contribution in [0.1, 0.15) is 64.2 Å². The van der Waals surface area contributed by atoms with E-state index in [1.807, 2.05) is 0 Å². The Balaban J connectivity index is 1.60. The van der Waals surface area contributed by atoms with Crippen molar-refractivity contribution in [2.75, 3.05) is 13.1 Å². The first-order chi connectivity index (χ1) is 8.86. The standard InChI is InChI=1S/C14H26N2OP/c17-18-15(13-7-3-1-4-8-13)11-12-16(18)14-9-5-2-6-10-14/h13-14H,1-12H2/q+1. The predicted molar refractivity (Wildman–Crippen MR) is 74.8 cm³/mol. The van der Waals surface area contributed by atoms with Crippen molar-refractivity contribution in [1.29, 1.82) is 0 Å². The molecule has 0 radical (unpaired) electrons. The fraction of sp³-hybridized carbons (Fsp3) is 1.00. The molecule has 1 aliphatic heterocycles. The maximum Gasteiger partial charge on any atom is 0.538 e. The summed E-state index contributed by atoms with van der Waals surface area (Å²) < 4.78 is 17.4. The van der Waals surface area contributed by atoms with Crippen molar-refractivity contribution >= 4 is 8.10 Å². The Hall–Kier alpha value is 0.0200. The molecule has 1 saturated heterocycles. The summed E-state index contributed by atoms with van der Waals surface area (Å²) in [7, 11) is -1.22. The van der Waals surface area contributed by atoms with Crippen LogP contribution in [0.4, 0.5) is 0 Å². The van der Waals surface area contributed by atoms with Crippen LogP contribution in [0.3, 0.4) is 0 Å². The normalized spacial score (nSPS) is 30.1. The average Bonchev–Trinajstić information content (AvgIpc) is 2.83. The quantitative estimate of drug-likeness (QED) is 0.710. The van der Waals surface area contributed by atoms with Gasteiger partial charge in [0.1, 0.15) is 0 Å². The lowest BCUT2D eigenvalue weighted by Gasteiger charge is -2.25. The monoisotopic (exact) mass is 269 g/mol. The molecule has 0 bridgehead atoms. The highest BCUT2D eigenvalue weighted by Crippen LogP contribution is 2.45. The van der Waals surface area contributed by atoms with Gasteiger partial charge >= 0.3 is 8.10 Å². The Morgan fingerprint density at radius 1 is 0.667 bits per heavy atom. The Labute approximate surface area is 112 Å². The van der Waals surface area contributed by atoms with Crippen LogP contribution in [0.25, 0.3) is 0 Å². The van der Waals surface area contributed by atoms with Gasteiger partial charge in [0.2, 0.25) is 0 Å². The van der Waals surface area contributed by atoms with Gasteiger partial charge in [0.05, 0.1) is 25.2 Å². The van der Waals surface area contributed by atoms with Gasteiger partial charge in [-0.15, -0.1) is 0 Å². The van der Waals surface area contributed by atoms with Crippen LogP contribution in [0, 0.1) is 0 Å². The molecule has 1 heterocycles. The highest BCUT2D eigenvalue weighted by atomic mass is 31.1. The molecule has 0 aromatic rings. The maximum atomic E-state index is 12.7. The molecule has 3 fully saturated rings. The van der Waals surface area contributed by atoms with E-state index in [-0.39, 0.29) is 0 Å². The van der Waals surface area contributed by atoms with Gasteiger partial charge in [-0.3, -0.25) is 0 Å². The number of hydrogen-bond acceptors (Lipinski definition) is 1. The lowest BCUT2D eigenvalue weighted by atomic mass is 9.95. The first kappa shape index (κ1) is 13.0. The topological polar surface area (TPSA) is 23.6 Å². The van der Waals surface area contributed by atoms with E-state index in [1.54, 1.807) is 0 Å². The van der Waals surface area contributed by atoms with Gasteiger partial charge in [0, 0.05) is 0 Å². The van der Waals surface area contributed by atoms with Gasteiger partial charge in [0.15, 0.2) is 0 Å². The van der Waals surface area contributed by atoms with Gasteiger partial charge < -0.3 is 0 Å². The minimum Gasteiger partial charge on any atom is -0.0745 e. The lowest BCUT2D eigenvalue weighted by Crippen LogP contribution is -2.31. The number of nitrogens with zero attached hydrogens (tertiary/aromatic N) is 2. The van der Waals surface area contributed by atoms with Gasteiger partial charge in [-0.1, -0.05) is 47.9 Å². The third-order valence-corrected chi connectivity index (χ3v) is 6.92. The van der Waals surface area contributed by atoms with Crippen molar-refractivity contribution in [3.63, 3.8) is 0 Å². The maximum absolute atomic E-state index is 12.7. The SMILES string of the molecule is O=[P+]1N(C2CCCCC2)CCN1C1CCCCC1. The van der Waals surface area contributed by atoms with E-state index in [0.717, 1.165) is 13.1 Å². The molecular weight excluding hydrogens is 243 g/mol. The molecule has 3 aliphatic rings. The Kier molecular flexibility index (Phi) is 4.33. The van der Waals surface area contributed by atoms with E-state index < -0.39 is 8.10 Å². The molecule has 0 unspecified atom stereocenters. The summed E-state index contributed by atoms with van der Waals surface area (Å²) in [5.41, 5.74) is 0. The molecule has 2 aliphatic carbocycles. The Bertz CT molecular complexity index is 270. The molecule has 3 nitrogen and oxygen atoms in total. The highest BCUT2D eigenvalue weighted by Gasteiger charge is 2.49. The fourth-order valence-electron chi connectivity index (χ4n) is 3.93. The minimum absolute atomic E-state index is 0.621. The summed E-state index contributed by atoms with van der Waals surface area (Å²) in [5.74, 6) is 0. The van der Waals surface area contributed by atoms with Crippen LogP contribution in [0.15, 0.2) is 0 Å². The van der Waals surface area contributed by atoms with Gasteiger partial charge in [-0.25, -0.2) is 0 Å². The highest BCUT2D eigenvalue weighted by molar-refractivity contribution is 7.39.